The zero-order valence-electron chi connectivity index (χ0n) is 14.6. The Labute approximate surface area is 153 Å². The van der Waals surface area contributed by atoms with E-state index < -0.39 is 21.7 Å². The molecule has 0 aromatic heterocycles. The number of rotatable bonds is 8. The molecule has 0 unspecified atom stereocenters. The molecule has 24 heavy (non-hydrogen) atoms. The molecule has 1 rings (SSSR count). The number of aliphatic hydroxyl groups is 1. The molecule has 0 aliphatic heterocycles. The first-order chi connectivity index (χ1) is 11.0. The summed E-state index contributed by atoms with van der Waals surface area (Å²) in [6, 6.07) is 6.26. The summed E-state index contributed by atoms with van der Waals surface area (Å²) in [6.45, 7) is 15.1. The van der Waals surface area contributed by atoms with Crippen LogP contribution in [0.1, 0.15) is 34.1 Å². The van der Waals surface area contributed by atoms with Gasteiger partial charge in [-0.2, -0.15) is 4.72 Å². The number of hydrogen-bond acceptors (Lipinski definition) is 3. The van der Waals surface area contributed by atoms with E-state index in [0.717, 1.165) is 4.47 Å². The lowest BCUT2D eigenvalue weighted by Crippen LogP contribution is -2.58. The smallest absolute Gasteiger partial charge is 0.242 e. The van der Waals surface area contributed by atoms with Gasteiger partial charge in [-0.05, 0) is 44.5 Å². The van der Waals surface area contributed by atoms with Gasteiger partial charge < -0.3 is 5.11 Å². The van der Waals surface area contributed by atoms with Gasteiger partial charge in [-0.1, -0.05) is 54.1 Å². The Hall–Kier alpha value is -0.950. The van der Waals surface area contributed by atoms with Gasteiger partial charge in [0.15, 0.2) is 0 Å². The van der Waals surface area contributed by atoms with Crippen LogP contribution in [0.25, 0.3) is 0 Å². The van der Waals surface area contributed by atoms with Crippen LogP contribution < -0.4 is 4.72 Å². The Kier molecular flexibility index (Phi) is 6.99. The normalized spacial score (nSPS) is 15.8. The molecule has 2 N–H and O–H groups in total. The monoisotopic (exact) mass is 415 g/mol. The fourth-order valence-corrected chi connectivity index (χ4v) is 4.44. The highest BCUT2D eigenvalue weighted by molar-refractivity contribution is 9.10. The summed E-state index contributed by atoms with van der Waals surface area (Å²) in [4.78, 5) is 0.0922. The summed E-state index contributed by atoms with van der Waals surface area (Å²) in [5, 5.41) is 11.3. The van der Waals surface area contributed by atoms with Crippen molar-refractivity contribution >= 4 is 26.0 Å². The minimum atomic E-state index is -3.90. The SMILES string of the molecule is C=C(C)C(C(=C)C)[C@@](O)(NS(=O)(=O)c1ccc(Br)cc1)[C@@H](C)CC. The average molecular weight is 416 g/mol. The summed E-state index contributed by atoms with van der Waals surface area (Å²) in [5.74, 6) is -0.918. The van der Waals surface area contributed by atoms with Crippen LogP contribution >= 0.6 is 15.9 Å². The van der Waals surface area contributed by atoms with Crippen LogP contribution in [-0.2, 0) is 10.0 Å². The van der Waals surface area contributed by atoms with Crippen molar-refractivity contribution in [2.24, 2.45) is 11.8 Å². The molecule has 0 fully saturated rings. The van der Waals surface area contributed by atoms with Crippen molar-refractivity contribution in [1.29, 1.82) is 0 Å². The van der Waals surface area contributed by atoms with E-state index in [0.29, 0.717) is 17.6 Å². The molecule has 0 saturated heterocycles. The highest BCUT2D eigenvalue weighted by Gasteiger charge is 2.45. The van der Waals surface area contributed by atoms with E-state index >= 15 is 0 Å². The summed E-state index contributed by atoms with van der Waals surface area (Å²) in [5.41, 5.74) is -0.384. The first-order valence-corrected chi connectivity index (χ1v) is 10.1. The summed E-state index contributed by atoms with van der Waals surface area (Å²) in [6.07, 6.45) is 0.594. The maximum Gasteiger partial charge on any atom is 0.242 e. The van der Waals surface area contributed by atoms with E-state index in [4.69, 9.17) is 0 Å². The van der Waals surface area contributed by atoms with Gasteiger partial charge in [-0.3, -0.25) is 0 Å². The van der Waals surface area contributed by atoms with Crippen molar-refractivity contribution < 1.29 is 13.5 Å². The lowest BCUT2D eigenvalue weighted by molar-refractivity contribution is -0.0525. The van der Waals surface area contributed by atoms with Gasteiger partial charge in [0.05, 0.1) is 4.90 Å². The predicted molar refractivity (Wildman–Crippen MR) is 102 cm³/mol. The highest BCUT2D eigenvalue weighted by Crippen LogP contribution is 2.36. The molecule has 1 aromatic rings. The third-order valence-electron chi connectivity index (χ3n) is 4.21. The second-order valence-electron chi connectivity index (χ2n) is 6.32. The van der Waals surface area contributed by atoms with Gasteiger partial charge in [0, 0.05) is 16.3 Å². The largest absolute Gasteiger partial charge is 0.374 e. The van der Waals surface area contributed by atoms with Gasteiger partial charge in [0.25, 0.3) is 0 Å². The van der Waals surface area contributed by atoms with Crippen LogP contribution in [0, 0.1) is 11.8 Å². The van der Waals surface area contributed by atoms with E-state index in [9.17, 15) is 13.5 Å². The summed E-state index contributed by atoms with van der Waals surface area (Å²) < 4.78 is 28.9. The molecule has 0 amide bonds. The van der Waals surface area contributed by atoms with E-state index in [1.165, 1.54) is 12.1 Å². The molecule has 0 aliphatic rings. The zero-order valence-corrected chi connectivity index (χ0v) is 17.0. The lowest BCUT2D eigenvalue weighted by atomic mass is 9.77. The van der Waals surface area contributed by atoms with Gasteiger partial charge in [-0.15, -0.1) is 0 Å². The van der Waals surface area contributed by atoms with Gasteiger partial charge in [0.1, 0.15) is 5.72 Å². The predicted octanol–water partition coefficient (Wildman–Crippen LogP) is 4.23. The van der Waals surface area contributed by atoms with Crippen LogP contribution in [-0.4, -0.2) is 19.2 Å². The molecule has 4 nitrogen and oxygen atoms in total. The first kappa shape index (κ1) is 21.1. The van der Waals surface area contributed by atoms with Crippen molar-refractivity contribution in [2.75, 3.05) is 0 Å². The highest BCUT2D eigenvalue weighted by atomic mass is 79.9. The van der Waals surface area contributed by atoms with E-state index in [-0.39, 0.29) is 10.8 Å². The third-order valence-corrected chi connectivity index (χ3v) is 6.23. The molecule has 0 heterocycles. The lowest BCUT2D eigenvalue weighted by Gasteiger charge is -2.41. The first-order valence-electron chi connectivity index (χ1n) is 7.78. The fraction of sp³-hybridized carbons (Fsp3) is 0.444. The van der Waals surface area contributed by atoms with Crippen LogP contribution in [0.3, 0.4) is 0 Å². The molecular formula is C18H26BrNO3S. The maximum atomic E-state index is 12.8. The van der Waals surface area contributed by atoms with E-state index in [1.807, 2.05) is 13.8 Å². The zero-order chi connectivity index (χ0) is 18.7. The molecule has 134 valence electrons. The number of hydrogen-bond donors (Lipinski definition) is 2. The Morgan fingerprint density at radius 2 is 1.71 bits per heavy atom. The van der Waals surface area contributed by atoms with Gasteiger partial charge in [0.2, 0.25) is 10.0 Å². The van der Waals surface area contributed by atoms with Crippen molar-refractivity contribution in [2.45, 2.75) is 44.7 Å². The van der Waals surface area contributed by atoms with Crippen LogP contribution in [0.2, 0.25) is 0 Å². The van der Waals surface area contributed by atoms with Crippen molar-refractivity contribution in [3.05, 3.63) is 53.0 Å². The number of benzene rings is 1. The molecule has 6 heteroatoms. The Balaban J connectivity index is 3.39. The van der Waals surface area contributed by atoms with Crippen molar-refractivity contribution in [1.82, 2.24) is 4.72 Å². The summed E-state index contributed by atoms with van der Waals surface area (Å²) >= 11 is 3.28. The Bertz CT molecular complexity index is 698. The molecule has 0 bridgehead atoms. The quantitative estimate of drug-likeness (QED) is 0.492. The number of sulfonamides is 1. The minimum absolute atomic E-state index is 0.0922. The molecule has 2 atom stereocenters. The third kappa shape index (κ3) is 4.57. The van der Waals surface area contributed by atoms with Gasteiger partial charge in [-0.25, -0.2) is 8.42 Å². The van der Waals surface area contributed by atoms with Crippen molar-refractivity contribution in [3.8, 4) is 0 Å². The molecule has 0 aliphatic carbocycles. The fourth-order valence-electron chi connectivity index (χ4n) is 2.82. The molecular weight excluding hydrogens is 390 g/mol. The topological polar surface area (TPSA) is 66.4 Å². The van der Waals surface area contributed by atoms with Crippen LogP contribution in [0.4, 0.5) is 0 Å². The van der Waals surface area contributed by atoms with E-state index in [2.05, 4.69) is 33.8 Å². The van der Waals surface area contributed by atoms with Crippen LogP contribution in [0.5, 0.6) is 0 Å². The molecule has 1 aromatic carbocycles. The number of halogens is 1. The van der Waals surface area contributed by atoms with E-state index in [1.54, 1.807) is 26.0 Å². The maximum absolute atomic E-state index is 12.8. The Morgan fingerprint density at radius 1 is 1.25 bits per heavy atom. The average Bonchev–Trinajstić information content (AvgIpc) is 2.45. The van der Waals surface area contributed by atoms with Crippen LogP contribution in [0.15, 0.2) is 57.9 Å². The summed E-state index contributed by atoms with van der Waals surface area (Å²) in [7, 11) is -3.90. The minimum Gasteiger partial charge on any atom is -0.374 e. The standard InChI is InChI=1S/C18H26BrNO3S/c1-7-14(6)18(21,17(12(2)3)13(4)5)20-24(22,23)16-10-8-15(19)9-11-16/h8-11,14,17,20-21H,2,4,7H2,1,3,5-6H3/t14-,18+/m0/s1. The number of nitrogens with one attached hydrogen (secondary N) is 1. The van der Waals surface area contributed by atoms with Crippen molar-refractivity contribution in [3.63, 3.8) is 0 Å². The second kappa shape index (κ2) is 7.95. The second-order valence-corrected chi connectivity index (χ2v) is 8.92. The molecule has 0 saturated carbocycles. The Morgan fingerprint density at radius 3 is 2.08 bits per heavy atom. The van der Waals surface area contributed by atoms with Gasteiger partial charge >= 0.3 is 0 Å². The molecule has 0 radical (unpaired) electrons. The molecule has 0 spiro atoms.